The van der Waals surface area contributed by atoms with Gasteiger partial charge in [0.05, 0.1) is 11.5 Å². The molecule has 8 heteroatoms. The molecule has 1 atom stereocenters. The van der Waals surface area contributed by atoms with Gasteiger partial charge in [-0.25, -0.2) is 17.2 Å². The lowest BCUT2D eigenvalue weighted by Gasteiger charge is -2.16. The number of nitrogens with one attached hydrogen (secondary N) is 2. The van der Waals surface area contributed by atoms with Gasteiger partial charge in [0.15, 0.2) is 15.8 Å². The molecule has 22 heavy (non-hydrogen) atoms. The highest BCUT2D eigenvalue weighted by Crippen LogP contribution is 2.11. The molecule has 1 aromatic rings. The lowest BCUT2D eigenvalue weighted by atomic mass is 10.1. The summed E-state index contributed by atoms with van der Waals surface area (Å²) in [6.07, 6.45) is 0.842. The van der Waals surface area contributed by atoms with Crippen LogP contribution in [0.3, 0.4) is 0 Å². The Morgan fingerprint density at radius 1 is 1.41 bits per heavy atom. The molecule has 0 aromatic heterocycles. The predicted molar refractivity (Wildman–Crippen MR) is 81.6 cm³/mol. The second kappa shape index (κ2) is 7.04. The summed E-state index contributed by atoms with van der Waals surface area (Å²) in [4.78, 5) is 4.00. The van der Waals surface area contributed by atoms with E-state index in [-0.39, 0.29) is 23.1 Å². The quantitative estimate of drug-likeness (QED) is 0.634. The number of hydrogen-bond donors (Lipinski definition) is 2. The highest BCUT2D eigenvalue weighted by atomic mass is 32.2. The van der Waals surface area contributed by atoms with E-state index in [1.54, 1.807) is 7.05 Å². The Kier molecular flexibility index (Phi) is 5.33. The summed E-state index contributed by atoms with van der Waals surface area (Å²) in [6.45, 7) is 0.361. The van der Waals surface area contributed by atoms with Crippen LogP contribution >= 0.6 is 0 Å². The van der Waals surface area contributed by atoms with Gasteiger partial charge >= 0.3 is 0 Å². The molecule has 0 bridgehead atoms. The third-order valence-electron chi connectivity index (χ3n) is 3.49. The van der Waals surface area contributed by atoms with Gasteiger partial charge in [-0.05, 0) is 36.6 Å². The van der Waals surface area contributed by atoms with Crippen LogP contribution in [0.5, 0.6) is 0 Å². The number of guanidine groups is 1. The monoisotopic (exact) mass is 331 g/mol. The molecule has 0 aliphatic carbocycles. The van der Waals surface area contributed by atoms with E-state index in [2.05, 4.69) is 15.6 Å². The molecule has 0 spiro atoms. The minimum Gasteiger partial charge on any atom is -0.356 e. The first-order chi connectivity index (χ1) is 10.4. The molecule has 1 aliphatic rings. The summed E-state index contributed by atoms with van der Waals surface area (Å²) >= 11 is 0. The van der Waals surface area contributed by atoms with Crippen LogP contribution in [0.15, 0.2) is 23.2 Å². The fraction of sp³-hybridized carbons (Fsp3) is 0.500. The average molecular weight is 331 g/mol. The fourth-order valence-corrected chi connectivity index (χ4v) is 4.02. The van der Waals surface area contributed by atoms with E-state index in [0.29, 0.717) is 25.3 Å². The Morgan fingerprint density at radius 2 is 2.18 bits per heavy atom. The number of hydrogen-bond acceptors (Lipinski definition) is 3. The van der Waals surface area contributed by atoms with Crippen LogP contribution < -0.4 is 10.6 Å². The van der Waals surface area contributed by atoms with Crippen LogP contribution in [-0.4, -0.2) is 45.5 Å². The summed E-state index contributed by atoms with van der Waals surface area (Å²) in [5.41, 5.74) is 0.284. The maximum absolute atomic E-state index is 13.5. The van der Waals surface area contributed by atoms with Gasteiger partial charge in [0.2, 0.25) is 0 Å². The number of benzene rings is 1. The third-order valence-corrected chi connectivity index (χ3v) is 5.26. The SMILES string of the molecule is CN=C(NCCc1cc(F)ccc1F)NC1CCS(=O)(=O)C1. The normalized spacial score (nSPS) is 20.9. The molecule has 0 amide bonds. The highest BCUT2D eigenvalue weighted by molar-refractivity contribution is 7.91. The molecule has 0 saturated carbocycles. The van der Waals surface area contributed by atoms with Gasteiger partial charge in [0.1, 0.15) is 11.6 Å². The molecule has 1 saturated heterocycles. The summed E-state index contributed by atoms with van der Waals surface area (Å²) in [5, 5.41) is 6.00. The molecule has 1 aliphatic heterocycles. The standard InChI is InChI=1S/C14H19F2N3O2S/c1-17-14(19-12-5-7-22(20,21)9-12)18-6-4-10-8-11(15)2-3-13(10)16/h2-3,8,12H,4-7,9H2,1H3,(H2,17,18,19). The van der Waals surface area contributed by atoms with E-state index in [1.807, 2.05) is 0 Å². The maximum atomic E-state index is 13.5. The van der Waals surface area contributed by atoms with E-state index in [4.69, 9.17) is 0 Å². The summed E-state index contributed by atoms with van der Waals surface area (Å²) in [6, 6.07) is 3.17. The van der Waals surface area contributed by atoms with Crippen molar-refractivity contribution in [3.05, 3.63) is 35.4 Å². The highest BCUT2D eigenvalue weighted by Gasteiger charge is 2.28. The van der Waals surface area contributed by atoms with Gasteiger partial charge in [-0.1, -0.05) is 0 Å². The number of nitrogens with zero attached hydrogens (tertiary/aromatic N) is 1. The maximum Gasteiger partial charge on any atom is 0.191 e. The average Bonchev–Trinajstić information content (AvgIpc) is 2.80. The molecule has 2 N–H and O–H groups in total. The van der Waals surface area contributed by atoms with Crippen molar-refractivity contribution in [1.29, 1.82) is 0 Å². The van der Waals surface area contributed by atoms with Crippen LogP contribution in [-0.2, 0) is 16.3 Å². The van der Waals surface area contributed by atoms with Gasteiger partial charge < -0.3 is 10.6 Å². The second-order valence-electron chi connectivity index (χ2n) is 5.23. The number of halogens is 2. The first-order valence-corrected chi connectivity index (χ1v) is 8.83. The van der Waals surface area contributed by atoms with Crippen molar-refractivity contribution >= 4 is 15.8 Å². The third kappa shape index (κ3) is 4.66. The molecule has 2 rings (SSSR count). The largest absolute Gasteiger partial charge is 0.356 e. The number of aliphatic imine (C=N–C) groups is 1. The number of rotatable bonds is 4. The van der Waals surface area contributed by atoms with Crippen molar-refractivity contribution < 1.29 is 17.2 Å². The van der Waals surface area contributed by atoms with Gasteiger partial charge in [-0.3, -0.25) is 4.99 Å². The molecular weight excluding hydrogens is 312 g/mol. The molecule has 5 nitrogen and oxygen atoms in total. The smallest absolute Gasteiger partial charge is 0.191 e. The molecular formula is C14H19F2N3O2S. The van der Waals surface area contributed by atoms with Crippen molar-refractivity contribution in [2.75, 3.05) is 25.1 Å². The van der Waals surface area contributed by atoms with E-state index in [9.17, 15) is 17.2 Å². The Balaban J connectivity index is 1.83. The first kappa shape index (κ1) is 16.7. The first-order valence-electron chi connectivity index (χ1n) is 7.01. The zero-order valence-corrected chi connectivity index (χ0v) is 13.1. The molecule has 1 fully saturated rings. The Labute approximate surface area is 128 Å². The summed E-state index contributed by atoms with van der Waals surface area (Å²) < 4.78 is 49.3. The van der Waals surface area contributed by atoms with Crippen molar-refractivity contribution in [3.63, 3.8) is 0 Å². The minimum absolute atomic E-state index is 0.0895. The second-order valence-corrected chi connectivity index (χ2v) is 7.46. The molecule has 1 unspecified atom stereocenters. The van der Waals surface area contributed by atoms with Crippen molar-refractivity contribution in [2.45, 2.75) is 18.9 Å². The van der Waals surface area contributed by atoms with Crippen LogP contribution in [0.1, 0.15) is 12.0 Å². The minimum atomic E-state index is -2.96. The molecule has 0 radical (unpaired) electrons. The number of sulfone groups is 1. The van der Waals surface area contributed by atoms with E-state index < -0.39 is 21.5 Å². The van der Waals surface area contributed by atoms with E-state index >= 15 is 0 Å². The van der Waals surface area contributed by atoms with Crippen molar-refractivity contribution in [3.8, 4) is 0 Å². The summed E-state index contributed by atoms with van der Waals surface area (Å²) in [7, 11) is -1.39. The Hall–Kier alpha value is -1.70. The molecule has 122 valence electrons. The topological polar surface area (TPSA) is 70.6 Å². The van der Waals surface area contributed by atoms with Crippen molar-refractivity contribution in [1.82, 2.24) is 10.6 Å². The van der Waals surface area contributed by atoms with Gasteiger partial charge in [0.25, 0.3) is 0 Å². The van der Waals surface area contributed by atoms with E-state index in [0.717, 1.165) is 18.2 Å². The molecule has 1 aromatic carbocycles. The zero-order valence-electron chi connectivity index (χ0n) is 12.3. The van der Waals surface area contributed by atoms with Crippen molar-refractivity contribution in [2.24, 2.45) is 4.99 Å². The Bertz CT molecular complexity index is 662. The Morgan fingerprint density at radius 3 is 2.82 bits per heavy atom. The van der Waals surface area contributed by atoms with Crippen LogP contribution in [0, 0.1) is 11.6 Å². The van der Waals surface area contributed by atoms with Gasteiger partial charge in [-0.15, -0.1) is 0 Å². The summed E-state index contributed by atoms with van der Waals surface area (Å²) in [5.74, 6) is -0.204. The van der Waals surface area contributed by atoms with E-state index in [1.165, 1.54) is 0 Å². The fourth-order valence-electron chi connectivity index (χ4n) is 2.35. The van der Waals surface area contributed by atoms with Gasteiger partial charge in [0, 0.05) is 19.6 Å². The lowest BCUT2D eigenvalue weighted by Crippen LogP contribution is -2.44. The zero-order chi connectivity index (χ0) is 16.2. The lowest BCUT2D eigenvalue weighted by molar-refractivity contribution is 0.582. The van der Waals surface area contributed by atoms with Crippen LogP contribution in [0.2, 0.25) is 0 Å². The predicted octanol–water partition coefficient (Wildman–Crippen LogP) is 0.859. The molecule has 1 heterocycles. The van der Waals surface area contributed by atoms with Gasteiger partial charge in [-0.2, -0.15) is 0 Å². The van der Waals surface area contributed by atoms with Crippen LogP contribution in [0.25, 0.3) is 0 Å². The van der Waals surface area contributed by atoms with Crippen LogP contribution in [0.4, 0.5) is 8.78 Å².